The molecule has 4 aromatic rings. The number of rotatable bonds is 10. The van der Waals surface area contributed by atoms with Crippen molar-refractivity contribution in [1.82, 2.24) is 10.2 Å². The van der Waals surface area contributed by atoms with E-state index in [4.69, 9.17) is 14.2 Å². The highest BCUT2D eigenvalue weighted by Crippen LogP contribution is 2.35. The Morgan fingerprint density at radius 1 is 0.912 bits per heavy atom. The summed E-state index contributed by atoms with van der Waals surface area (Å²) in [5, 5.41) is 7.42. The Hall–Kier alpha value is -3.29. The Kier molecular flexibility index (Phi) is 7.55. The lowest BCUT2D eigenvalue weighted by Gasteiger charge is -2.16. The van der Waals surface area contributed by atoms with Gasteiger partial charge in [0.1, 0.15) is 18.1 Å². The summed E-state index contributed by atoms with van der Waals surface area (Å²) in [4.78, 5) is 0. The molecule has 3 aromatic carbocycles. The van der Waals surface area contributed by atoms with E-state index in [1.165, 1.54) is 12.1 Å². The molecule has 0 bridgehead atoms. The number of ether oxygens (including phenoxy) is 3. The van der Waals surface area contributed by atoms with Crippen LogP contribution in [0.25, 0.3) is 22.0 Å². The molecule has 0 aliphatic heterocycles. The van der Waals surface area contributed by atoms with Crippen LogP contribution in [0, 0.1) is 11.6 Å². The van der Waals surface area contributed by atoms with Crippen molar-refractivity contribution in [3.8, 4) is 16.9 Å². The summed E-state index contributed by atoms with van der Waals surface area (Å²) in [6, 6.07) is 15.8. The number of nitrogens with zero attached hydrogens (tertiary/aromatic N) is 1. The molecule has 0 atom stereocenters. The maximum absolute atomic E-state index is 15.3. The van der Waals surface area contributed by atoms with Gasteiger partial charge in [-0.3, -0.25) is 5.10 Å². The van der Waals surface area contributed by atoms with Crippen LogP contribution in [0.1, 0.15) is 43.9 Å². The van der Waals surface area contributed by atoms with Crippen LogP contribution < -0.4 is 4.74 Å². The fourth-order valence-electron chi connectivity index (χ4n) is 3.97. The van der Waals surface area contributed by atoms with E-state index in [1.54, 1.807) is 12.1 Å². The normalized spacial score (nSPS) is 11.5. The molecule has 1 aromatic heterocycles. The van der Waals surface area contributed by atoms with Crippen LogP contribution in [0.3, 0.4) is 0 Å². The summed E-state index contributed by atoms with van der Waals surface area (Å²) in [5.41, 5.74) is 3.78. The molecule has 0 amide bonds. The highest BCUT2D eigenvalue weighted by atomic mass is 19.1. The molecular weight excluding hydrogens is 438 g/mol. The Morgan fingerprint density at radius 2 is 1.65 bits per heavy atom. The molecule has 0 spiro atoms. The minimum atomic E-state index is -0.745. The van der Waals surface area contributed by atoms with Crippen molar-refractivity contribution in [2.45, 2.75) is 40.1 Å². The van der Waals surface area contributed by atoms with Crippen LogP contribution in [0.4, 0.5) is 8.78 Å². The van der Waals surface area contributed by atoms with Crippen LogP contribution in [0.2, 0.25) is 0 Å². The number of aryl methyl sites for hydroxylation is 1. The average Bonchev–Trinajstić information content (AvgIpc) is 3.28. The van der Waals surface area contributed by atoms with E-state index >= 15 is 4.39 Å². The highest BCUT2D eigenvalue weighted by molar-refractivity contribution is 5.87. The summed E-state index contributed by atoms with van der Waals surface area (Å²) in [5.74, 6) is -0.809. The third-order valence-corrected chi connectivity index (χ3v) is 5.59. The number of fused-ring (bicyclic) bond motifs is 1. The first kappa shape index (κ1) is 23.9. The van der Waals surface area contributed by atoms with E-state index in [-0.39, 0.29) is 12.4 Å². The summed E-state index contributed by atoms with van der Waals surface area (Å²) in [7, 11) is 0. The van der Waals surface area contributed by atoms with Gasteiger partial charge in [-0.15, -0.1) is 0 Å². The first-order valence-electron chi connectivity index (χ1n) is 11.5. The van der Waals surface area contributed by atoms with Gasteiger partial charge < -0.3 is 14.2 Å². The number of hydrogen-bond acceptors (Lipinski definition) is 4. The number of aromatic amines is 1. The average molecular weight is 467 g/mol. The molecular formula is C27H28F2N2O3. The minimum Gasteiger partial charge on any atom is -0.486 e. The molecule has 0 aliphatic carbocycles. The summed E-state index contributed by atoms with van der Waals surface area (Å²) in [6.45, 7) is 6.72. The predicted octanol–water partition coefficient (Wildman–Crippen LogP) is 6.72. The van der Waals surface area contributed by atoms with Crippen molar-refractivity contribution >= 4 is 10.9 Å². The van der Waals surface area contributed by atoms with Crippen molar-refractivity contribution < 1.29 is 23.0 Å². The molecule has 0 fully saturated rings. The van der Waals surface area contributed by atoms with E-state index in [0.717, 1.165) is 11.1 Å². The molecule has 34 heavy (non-hydrogen) atoms. The number of nitrogens with one attached hydrogen (secondary N) is 1. The lowest BCUT2D eigenvalue weighted by atomic mass is 9.96. The van der Waals surface area contributed by atoms with Crippen molar-refractivity contribution in [3.05, 3.63) is 83.1 Å². The summed E-state index contributed by atoms with van der Waals surface area (Å²) < 4.78 is 47.2. The number of H-pyrrole nitrogens is 1. The van der Waals surface area contributed by atoms with Crippen LogP contribution >= 0.6 is 0 Å². The van der Waals surface area contributed by atoms with Crippen molar-refractivity contribution in [2.24, 2.45) is 0 Å². The van der Waals surface area contributed by atoms with Gasteiger partial charge in [0.15, 0.2) is 11.6 Å². The topological polar surface area (TPSA) is 56.4 Å². The van der Waals surface area contributed by atoms with Crippen molar-refractivity contribution in [3.63, 3.8) is 0 Å². The smallest absolute Gasteiger partial charge is 0.201 e. The van der Waals surface area contributed by atoms with Gasteiger partial charge in [-0.05, 0) is 66.8 Å². The largest absolute Gasteiger partial charge is 0.486 e. The van der Waals surface area contributed by atoms with Gasteiger partial charge in [0.25, 0.3) is 0 Å². The molecule has 1 N–H and O–H groups in total. The first-order chi connectivity index (χ1) is 16.5. The standard InChI is InChI=1S/C27H28F2N2O3/c1-4-18-14-24(34-16-17-10-8-7-9-11-17)21(28)15-20(18)19-12-22(29)25-23(13-19)30-31-26(25)27(32-5-2)33-6-3/h7-15,27H,4-6,16H2,1-3H3,(H,30,31). The lowest BCUT2D eigenvalue weighted by Crippen LogP contribution is -2.10. The third kappa shape index (κ3) is 4.95. The van der Waals surface area contributed by atoms with E-state index in [1.807, 2.05) is 51.1 Å². The first-order valence-corrected chi connectivity index (χ1v) is 11.5. The van der Waals surface area contributed by atoms with Crippen LogP contribution in [-0.2, 0) is 22.5 Å². The third-order valence-electron chi connectivity index (χ3n) is 5.59. The van der Waals surface area contributed by atoms with E-state index in [2.05, 4.69) is 10.2 Å². The predicted molar refractivity (Wildman–Crippen MR) is 128 cm³/mol. The Bertz CT molecular complexity index is 1250. The maximum atomic E-state index is 15.3. The van der Waals surface area contributed by atoms with Gasteiger partial charge >= 0.3 is 0 Å². The van der Waals surface area contributed by atoms with E-state index in [9.17, 15) is 4.39 Å². The number of halogens is 2. The molecule has 7 heteroatoms. The Labute approximate surface area is 197 Å². The molecule has 4 rings (SSSR count). The molecule has 5 nitrogen and oxygen atoms in total. The summed E-state index contributed by atoms with van der Waals surface area (Å²) >= 11 is 0. The highest BCUT2D eigenvalue weighted by Gasteiger charge is 2.22. The maximum Gasteiger partial charge on any atom is 0.201 e. The van der Waals surface area contributed by atoms with E-state index < -0.39 is 17.9 Å². The fraction of sp³-hybridized carbons (Fsp3) is 0.296. The van der Waals surface area contributed by atoms with Gasteiger partial charge in [0.05, 0.1) is 10.9 Å². The van der Waals surface area contributed by atoms with Crippen molar-refractivity contribution in [2.75, 3.05) is 13.2 Å². The molecule has 0 saturated heterocycles. The molecule has 0 aliphatic rings. The second-order valence-electron chi connectivity index (χ2n) is 7.80. The molecule has 178 valence electrons. The van der Waals surface area contributed by atoms with Gasteiger partial charge in [-0.1, -0.05) is 37.3 Å². The van der Waals surface area contributed by atoms with Gasteiger partial charge in [-0.25, -0.2) is 8.78 Å². The van der Waals surface area contributed by atoms with Crippen LogP contribution in [0.15, 0.2) is 54.6 Å². The lowest BCUT2D eigenvalue weighted by molar-refractivity contribution is -0.141. The zero-order valence-electron chi connectivity index (χ0n) is 19.5. The SMILES string of the molecule is CCOC(OCC)c1[nH]nc2cc(-c3cc(F)c(OCc4ccccc4)cc3CC)cc(F)c12. The second kappa shape index (κ2) is 10.8. The Morgan fingerprint density at radius 3 is 2.32 bits per heavy atom. The second-order valence-corrected chi connectivity index (χ2v) is 7.80. The van der Waals surface area contributed by atoms with Gasteiger partial charge in [0.2, 0.25) is 6.29 Å². The molecule has 0 unspecified atom stereocenters. The summed E-state index contributed by atoms with van der Waals surface area (Å²) in [6.07, 6.45) is -0.121. The minimum absolute atomic E-state index is 0.171. The Balaban J connectivity index is 1.68. The fourth-order valence-corrected chi connectivity index (χ4v) is 3.97. The number of benzene rings is 3. The molecule has 0 radical (unpaired) electrons. The van der Waals surface area contributed by atoms with E-state index in [0.29, 0.717) is 47.4 Å². The van der Waals surface area contributed by atoms with Crippen molar-refractivity contribution in [1.29, 1.82) is 0 Å². The molecule has 1 heterocycles. The quantitative estimate of drug-likeness (QED) is 0.264. The van der Waals surface area contributed by atoms with Crippen LogP contribution in [0.5, 0.6) is 5.75 Å². The zero-order chi connectivity index (χ0) is 24.1. The van der Waals surface area contributed by atoms with Gasteiger partial charge in [-0.2, -0.15) is 5.10 Å². The number of aromatic nitrogens is 2. The van der Waals surface area contributed by atoms with Gasteiger partial charge in [0, 0.05) is 13.2 Å². The number of hydrogen-bond donors (Lipinski definition) is 1. The van der Waals surface area contributed by atoms with Crippen LogP contribution in [-0.4, -0.2) is 23.4 Å². The molecule has 0 saturated carbocycles. The monoisotopic (exact) mass is 466 g/mol. The zero-order valence-corrected chi connectivity index (χ0v) is 19.5.